The maximum atomic E-state index is 12.7. The van der Waals surface area contributed by atoms with Gasteiger partial charge in [-0.3, -0.25) is 9.69 Å². The van der Waals surface area contributed by atoms with Crippen LogP contribution in [-0.4, -0.2) is 36.0 Å². The van der Waals surface area contributed by atoms with Crippen LogP contribution in [0, 0.1) is 17.2 Å². The van der Waals surface area contributed by atoms with E-state index in [1.165, 1.54) is 12.8 Å². The first kappa shape index (κ1) is 18.1. The Morgan fingerprint density at radius 2 is 1.89 bits per heavy atom. The topological polar surface area (TPSA) is 56.1 Å². The summed E-state index contributed by atoms with van der Waals surface area (Å²) in [6.45, 7) is 4.56. The number of nitrogens with zero attached hydrogens (tertiary/aromatic N) is 2. The van der Waals surface area contributed by atoms with Gasteiger partial charge in [-0.15, -0.1) is 0 Å². The maximum absolute atomic E-state index is 12.7. The highest BCUT2D eigenvalue weighted by Crippen LogP contribution is 2.32. The van der Waals surface area contributed by atoms with Gasteiger partial charge in [-0.25, -0.2) is 0 Å². The van der Waals surface area contributed by atoms with Gasteiger partial charge in [-0.1, -0.05) is 17.8 Å². The van der Waals surface area contributed by atoms with Gasteiger partial charge in [0.1, 0.15) is 0 Å². The summed E-state index contributed by atoms with van der Waals surface area (Å²) in [5.41, 5.74) is 1.36. The molecular formula is C22H23N3OS. The van der Waals surface area contributed by atoms with Gasteiger partial charge in [0, 0.05) is 27.4 Å². The molecule has 2 aromatic rings. The minimum absolute atomic E-state index is 0.0172. The second kappa shape index (κ2) is 7.75. The number of rotatable bonds is 4. The lowest BCUT2D eigenvalue weighted by molar-refractivity contribution is 0.0217. The standard InChI is InChI=1S/C22H23N3OS/c1-15-21(17-9-11-25(15)12-10-17)24-22(26)18-5-7-19(8-6-18)27-20-4-2-3-16(13-20)14-23/h2-8,13,15,17,21H,9-12H2,1H3,(H,24,26)/t15-,21-/m0/s1. The smallest absolute Gasteiger partial charge is 0.251 e. The molecule has 2 atom stereocenters. The van der Waals surface area contributed by atoms with E-state index in [1.54, 1.807) is 17.8 Å². The summed E-state index contributed by atoms with van der Waals surface area (Å²) in [5.74, 6) is 0.625. The van der Waals surface area contributed by atoms with Crippen LogP contribution >= 0.6 is 11.8 Å². The van der Waals surface area contributed by atoms with Crippen molar-refractivity contribution in [3.63, 3.8) is 0 Å². The fraction of sp³-hybridized carbons (Fsp3) is 0.364. The number of piperidine rings is 3. The Kier molecular flexibility index (Phi) is 5.20. The summed E-state index contributed by atoms with van der Waals surface area (Å²) in [6, 6.07) is 18.1. The average Bonchev–Trinajstić information content (AvgIpc) is 2.71. The molecule has 3 saturated heterocycles. The van der Waals surface area contributed by atoms with E-state index in [0.717, 1.165) is 22.9 Å². The van der Waals surface area contributed by atoms with Gasteiger partial charge in [-0.05, 0) is 81.2 Å². The summed E-state index contributed by atoms with van der Waals surface area (Å²) in [6.07, 6.45) is 2.37. The lowest BCUT2D eigenvalue weighted by atomic mass is 9.79. The Morgan fingerprint density at radius 3 is 2.56 bits per heavy atom. The molecule has 3 heterocycles. The molecule has 3 fully saturated rings. The van der Waals surface area contributed by atoms with Gasteiger partial charge in [-0.2, -0.15) is 5.26 Å². The van der Waals surface area contributed by atoms with Crippen LogP contribution in [0.1, 0.15) is 35.7 Å². The molecule has 0 spiro atoms. The molecule has 27 heavy (non-hydrogen) atoms. The fourth-order valence-electron chi connectivity index (χ4n) is 4.22. The van der Waals surface area contributed by atoms with Crippen molar-refractivity contribution in [2.24, 2.45) is 5.92 Å². The third-order valence-corrected chi connectivity index (χ3v) is 6.79. The molecule has 138 valence electrons. The van der Waals surface area contributed by atoms with Crippen LogP contribution in [0.5, 0.6) is 0 Å². The summed E-state index contributed by atoms with van der Waals surface area (Å²) >= 11 is 1.59. The van der Waals surface area contributed by atoms with E-state index in [0.29, 0.717) is 23.1 Å². The second-order valence-electron chi connectivity index (χ2n) is 7.38. The number of carbonyl (C=O) groups excluding carboxylic acids is 1. The van der Waals surface area contributed by atoms with Crippen LogP contribution in [0.4, 0.5) is 0 Å². The molecule has 1 N–H and O–H groups in total. The van der Waals surface area contributed by atoms with Crippen molar-refractivity contribution in [3.05, 3.63) is 59.7 Å². The van der Waals surface area contributed by atoms with Crippen LogP contribution in [0.3, 0.4) is 0 Å². The highest BCUT2D eigenvalue weighted by atomic mass is 32.2. The molecule has 5 rings (SSSR count). The second-order valence-corrected chi connectivity index (χ2v) is 8.53. The van der Waals surface area contributed by atoms with E-state index < -0.39 is 0 Å². The van der Waals surface area contributed by atoms with Crippen molar-refractivity contribution in [1.82, 2.24) is 10.2 Å². The lowest BCUT2D eigenvalue weighted by Crippen LogP contribution is -2.62. The molecule has 4 nitrogen and oxygen atoms in total. The average molecular weight is 378 g/mol. The third kappa shape index (κ3) is 3.87. The predicted molar refractivity (Wildman–Crippen MR) is 107 cm³/mol. The van der Waals surface area contributed by atoms with Gasteiger partial charge < -0.3 is 5.32 Å². The van der Waals surface area contributed by atoms with Crippen molar-refractivity contribution in [2.45, 2.75) is 41.6 Å². The largest absolute Gasteiger partial charge is 0.347 e. The van der Waals surface area contributed by atoms with Crippen molar-refractivity contribution in [1.29, 1.82) is 5.26 Å². The molecule has 0 aromatic heterocycles. The number of amides is 1. The third-order valence-electron chi connectivity index (χ3n) is 5.79. The van der Waals surface area contributed by atoms with Crippen LogP contribution < -0.4 is 5.32 Å². The Balaban J connectivity index is 1.41. The molecular weight excluding hydrogens is 354 g/mol. The van der Waals surface area contributed by atoms with E-state index in [4.69, 9.17) is 5.26 Å². The molecule has 0 aliphatic carbocycles. The molecule has 0 unspecified atom stereocenters. The van der Waals surface area contributed by atoms with Gasteiger partial charge >= 0.3 is 0 Å². The number of fused-ring (bicyclic) bond motifs is 3. The monoisotopic (exact) mass is 377 g/mol. The van der Waals surface area contributed by atoms with E-state index in [9.17, 15) is 4.79 Å². The number of hydrogen-bond acceptors (Lipinski definition) is 4. The molecule has 1 amide bonds. The number of benzene rings is 2. The Hall–Kier alpha value is -2.29. The highest BCUT2D eigenvalue weighted by Gasteiger charge is 2.40. The minimum Gasteiger partial charge on any atom is -0.347 e. The number of nitriles is 1. The quantitative estimate of drug-likeness (QED) is 0.877. The molecule has 0 radical (unpaired) electrons. The van der Waals surface area contributed by atoms with Gasteiger partial charge in [0.2, 0.25) is 0 Å². The molecule has 0 saturated carbocycles. The first-order chi connectivity index (χ1) is 13.1. The zero-order valence-electron chi connectivity index (χ0n) is 15.4. The minimum atomic E-state index is 0.0172. The number of nitrogens with one attached hydrogen (secondary N) is 1. The van der Waals surface area contributed by atoms with Gasteiger partial charge in [0.05, 0.1) is 11.6 Å². The van der Waals surface area contributed by atoms with Crippen LogP contribution in [0.25, 0.3) is 0 Å². The first-order valence-corrected chi connectivity index (χ1v) is 10.3. The number of hydrogen-bond donors (Lipinski definition) is 1. The lowest BCUT2D eigenvalue weighted by Gasteiger charge is -2.49. The summed E-state index contributed by atoms with van der Waals surface area (Å²) in [5, 5.41) is 12.3. The molecule has 5 heteroatoms. The zero-order valence-corrected chi connectivity index (χ0v) is 16.2. The van der Waals surface area contributed by atoms with E-state index in [1.807, 2.05) is 42.5 Å². The van der Waals surface area contributed by atoms with Gasteiger partial charge in [0.25, 0.3) is 5.91 Å². The maximum Gasteiger partial charge on any atom is 0.251 e. The van der Waals surface area contributed by atoms with Gasteiger partial charge in [0.15, 0.2) is 0 Å². The first-order valence-electron chi connectivity index (χ1n) is 9.47. The molecule has 3 aliphatic heterocycles. The van der Waals surface area contributed by atoms with Crippen LogP contribution in [-0.2, 0) is 0 Å². The SMILES string of the molecule is C[C@H]1[C@H](NC(=O)c2ccc(Sc3cccc(C#N)c3)cc2)C2CCN1CC2. The molecule has 3 aliphatic rings. The summed E-state index contributed by atoms with van der Waals surface area (Å²) in [4.78, 5) is 17.3. The highest BCUT2D eigenvalue weighted by molar-refractivity contribution is 7.99. The van der Waals surface area contributed by atoms with Crippen molar-refractivity contribution in [2.75, 3.05) is 13.1 Å². The van der Waals surface area contributed by atoms with E-state index >= 15 is 0 Å². The normalized spacial score (nSPS) is 26.4. The zero-order chi connectivity index (χ0) is 18.8. The van der Waals surface area contributed by atoms with E-state index in [2.05, 4.69) is 23.2 Å². The Morgan fingerprint density at radius 1 is 1.15 bits per heavy atom. The Bertz CT molecular complexity index is 864. The molecule has 2 bridgehead atoms. The summed E-state index contributed by atoms with van der Waals surface area (Å²) in [7, 11) is 0. The summed E-state index contributed by atoms with van der Waals surface area (Å²) < 4.78 is 0. The predicted octanol–water partition coefficient (Wildman–Crippen LogP) is 3.92. The Labute approximate surface area is 164 Å². The fourth-order valence-corrected chi connectivity index (χ4v) is 5.10. The van der Waals surface area contributed by atoms with Crippen LogP contribution in [0.2, 0.25) is 0 Å². The van der Waals surface area contributed by atoms with Crippen LogP contribution in [0.15, 0.2) is 58.3 Å². The van der Waals surface area contributed by atoms with E-state index in [-0.39, 0.29) is 11.9 Å². The van der Waals surface area contributed by atoms with Crippen molar-refractivity contribution < 1.29 is 4.79 Å². The molecule has 2 aromatic carbocycles. The number of carbonyl (C=O) groups is 1. The van der Waals surface area contributed by atoms with Crippen molar-refractivity contribution >= 4 is 17.7 Å². The van der Waals surface area contributed by atoms with Crippen molar-refractivity contribution in [3.8, 4) is 6.07 Å².